The van der Waals surface area contributed by atoms with Gasteiger partial charge >= 0.3 is 0 Å². The quantitative estimate of drug-likeness (QED) is 0.529. The fraction of sp³-hybridized carbons (Fsp3) is 0.444. The molecule has 0 bridgehead atoms. The fourth-order valence-electron chi connectivity index (χ4n) is 2.52. The van der Waals surface area contributed by atoms with Crippen molar-refractivity contribution in [2.75, 3.05) is 31.5 Å². The molecule has 0 aliphatic heterocycles. The maximum absolute atomic E-state index is 13.7. The van der Waals surface area contributed by atoms with E-state index >= 15 is 0 Å². The summed E-state index contributed by atoms with van der Waals surface area (Å²) in [5.41, 5.74) is 0.606. The highest BCUT2D eigenvalue weighted by atomic mass is 32.1. The summed E-state index contributed by atoms with van der Waals surface area (Å²) in [7, 11) is 0. The lowest BCUT2D eigenvalue weighted by atomic mass is 10.2. The Kier molecular flexibility index (Phi) is 7.81. The van der Waals surface area contributed by atoms with Crippen LogP contribution in [0.25, 0.3) is 0 Å². The molecule has 0 aliphatic carbocycles. The van der Waals surface area contributed by atoms with Crippen molar-refractivity contribution >= 4 is 23.1 Å². The van der Waals surface area contributed by atoms with E-state index < -0.39 is 0 Å². The van der Waals surface area contributed by atoms with Gasteiger partial charge in [-0.1, -0.05) is 32.0 Å². The van der Waals surface area contributed by atoms with Crippen LogP contribution in [0, 0.1) is 5.82 Å². The van der Waals surface area contributed by atoms with Crippen LogP contribution in [-0.2, 0) is 6.54 Å². The molecular formula is C18H26FN5S. The van der Waals surface area contributed by atoms with Crippen LogP contribution in [0.15, 0.2) is 36.5 Å². The van der Waals surface area contributed by atoms with Crippen molar-refractivity contribution in [3.63, 3.8) is 0 Å². The lowest BCUT2D eigenvalue weighted by Gasteiger charge is -2.18. The van der Waals surface area contributed by atoms with Crippen LogP contribution in [0.5, 0.6) is 0 Å². The van der Waals surface area contributed by atoms with Gasteiger partial charge < -0.3 is 15.5 Å². The Morgan fingerprint density at radius 1 is 1.24 bits per heavy atom. The zero-order chi connectivity index (χ0) is 18.1. The van der Waals surface area contributed by atoms with Crippen LogP contribution in [0.2, 0.25) is 0 Å². The molecule has 0 aliphatic rings. The molecule has 136 valence electrons. The van der Waals surface area contributed by atoms with Crippen molar-refractivity contribution in [1.29, 1.82) is 0 Å². The van der Waals surface area contributed by atoms with Crippen molar-refractivity contribution in [3.05, 3.63) is 47.9 Å². The van der Waals surface area contributed by atoms with E-state index in [2.05, 4.69) is 34.5 Å². The van der Waals surface area contributed by atoms with Gasteiger partial charge in [0.15, 0.2) is 10.9 Å². The van der Waals surface area contributed by atoms with E-state index in [0.29, 0.717) is 23.0 Å². The first-order chi connectivity index (χ1) is 12.1. The minimum Gasteiger partial charge on any atom is -0.362 e. The third-order valence-corrected chi connectivity index (χ3v) is 4.25. The second-order valence-corrected chi connectivity index (χ2v) is 6.16. The molecule has 2 rings (SSSR count). The molecule has 0 atom stereocenters. The molecule has 0 radical (unpaired) electrons. The van der Waals surface area contributed by atoms with Gasteiger partial charge in [0.1, 0.15) is 5.82 Å². The van der Waals surface area contributed by atoms with Gasteiger partial charge in [-0.3, -0.25) is 4.68 Å². The first kappa shape index (κ1) is 19.3. The first-order valence-corrected chi connectivity index (χ1v) is 9.07. The topological polar surface area (TPSA) is 45.1 Å². The second-order valence-electron chi connectivity index (χ2n) is 5.75. The number of halogens is 1. The molecule has 25 heavy (non-hydrogen) atoms. The van der Waals surface area contributed by atoms with Crippen LogP contribution >= 0.6 is 12.2 Å². The van der Waals surface area contributed by atoms with Crippen LogP contribution in [-0.4, -0.2) is 46.0 Å². The summed E-state index contributed by atoms with van der Waals surface area (Å²) in [6.07, 6.45) is 2.84. The molecule has 2 aromatic rings. The normalized spacial score (nSPS) is 10.9. The lowest BCUT2D eigenvalue weighted by Crippen LogP contribution is -2.32. The molecule has 1 aromatic heterocycles. The van der Waals surface area contributed by atoms with Crippen LogP contribution < -0.4 is 10.6 Å². The Morgan fingerprint density at radius 3 is 2.72 bits per heavy atom. The van der Waals surface area contributed by atoms with Gasteiger partial charge in [-0.25, -0.2) is 4.39 Å². The number of benzene rings is 1. The highest BCUT2D eigenvalue weighted by Gasteiger charge is 2.05. The number of rotatable bonds is 9. The van der Waals surface area contributed by atoms with Crippen molar-refractivity contribution in [2.45, 2.75) is 26.8 Å². The van der Waals surface area contributed by atoms with Crippen LogP contribution in [0.3, 0.4) is 0 Å². The smallest absolute Gasteiger partial charge is 0.171 e. The predicted octanol–water partition coefficient (Wildman–Crippen LogP) is 3.09. The molecule has 0 fully saturated rings. The summed E-state index contributed by atoms with van der Waals surface area (Å²) in [4.78, 5) is 2.38. The van der Waals surface area contributed by atoms with Gasteiger partial charge in [-0.05, 0) is 44.3 Å². The molecule has 0 spiro atoms. The zero-order valence-electron chi connectivity index (χ0n) is 14.8. The average Bonchev–Trinajstić information content (AvgIpc) is 3.04. The van der Waals surface area contributed by atoms with Gasteiger partial charge in [0.05, 0.1) is 6.54 Å². The molecule has 0 saturated carbocycles. The molecular weight excluding hydrogens is 337 g/mol. The monoisotopic (exact) mass is 363 g/mol. The minimum atomic E-state index is -0.224. The fourth-order valence-corrected chi connectivity index (χ4v) is 2.73. The summed E-state index contributed by atoms with van der Waals surface area (Å²) in [5, 5.41) is 11.2. The van der Waals surface area contributed by atoms with Gasteiger partial charge in [0.2, 0.25) is 0 Å². The van der Waals surface area contributed by atoms with Crippen molar-refractivity contribution < 1.29 is 4.39 Å². The maximum atomic E-state index is 13.7. The van der Waals surface area contributed by atoms with E-state index in [4.69, 9.17) is 12.2 Å². The van der Waals surface area contributed by atoms with Gasteiger partial charge in [-0.15, -0.1) is 0 Å². The third-order valence-electron chi connectivity index (χ3n) is 4.00. The van der Waals surface area contributed by atoms with E-state index in [0.717, 1.165) is 32.6 Å². The van der Waals surface area contributed by atoms with E-state index in [1.54, 1.807) is 23.0 Å². The summed E-state index contributed by atoms with van der Waals surface area (Å²) in [5.74, 6) is 0.426. The molecule has 5 nitrogen and oxygen atoms in total. The summed E-state index contributed by atoms with van der Waals surface area (Å²) in [6, 6.07) is 8.53. The molecule has 7 heteroatoms. The van der Waals surface area contributed by atoms with Crippen molar-refractivity contribution in [1.82, 2.24) is 20.0 Å². The van der Waals surface area contributed by atoms with Crippen LogP contribution in [0.4, 0.5) is 10.2 Å². The van der Waals surface area contributed by atoms with Crippen LogP contribution in [0.1, 0.15) is 25.8 Å². The summed E-state index contributed by atoms with van der Waals surface area (Å²) >= 11 is 5.29. The van der Waals surface area contributed by atoms with Gasteiger partial charge in [0, 0.05) is 24.4 Å². The van der Waals surface area contributed by atoms with E-state index in [1.165, 1.54) is 6.07 Å². The first-order valence-electron chi connectivity index (χ1n) is 8.66. The van der Waals surface area contributed by atoms with Gasteiger partial charge in [0.25, 0.3) is 0 Å². The van der Waals surface area contributed by atoms with Gasteiger partial charge in [-0.2, -0.15) is 5.10 Å². The minimum absolute atomic E-state index is 0.224. The Morgan fingerprint density at radius 2 is 2.00 bits per heavy atom. The van der Waals surface area contributed by atoms with Crippen molar-refractivity contribution in [3.8, 4) is 0 Å². The number of anilines is 1. The number of hydrogen-bond donors (Lipinski definition) is 2. The second kappa shape index (κ2) is 10.1. The number of hydrogen-bond acceptors (Lipinski definition) is 3. The van der Waals surface area contributed by atoms with E-state index in [1.807, 2.05) is 12.1 Å². The van der Waals surface area contributed by atoms with Crippen molar-refractivity contribution in [2.24, 2.45) is 0 Å². The Balaban J connectivity index is 1.75. The zero-order valence-corrected chi connectivity index (χ0v) is 15.7. The molecule has 0 amide bonds. The largest absolute Gasteiger partial charge is 0.362 e. The Bertz CT molecular complexity index is 669. The molecule has 1 heterocycles. The Hall–Kier alpha value is -1.99. The number of thiocarbonyl (C=S) groups is 1. The maximum Gasteiger partial charge on any atom is 0.171 e. The number of aromatic nitrogens is 2. The SMILES string of the molecule is CCN(CC)CCCNC(=S)Nc1ccn(Cc2ccccc2F)n1. The van der Waals surface area contributed by atoms with E-state index in [-0.39, 0.29) is 5.82 Å². The highest BCUT2D eigenvalue weighted by molar-refractivity contribution is 7.80. The lowest BCUT2D eigenvalue weighted by molar-refractivity contribution is 0.300. The summed E-state index contributed by atoms with van der Waals surface area (Å²) < 4.78 is 15.4. The number of nitrogens with zero attached hydrogens (tertiary/aromatic N) is 3. The standard InChI is InChI=1S/C18H26FN5S/c1-3-23(4-2)12-7-11-20-18(25)21-17-10-13-24(22-17)14-15-8-5-6-9-16(15)19/h5-6,8-10,13H,3-4,7,11-12,14H2,1-2H3,(H2,20,21,22,25). The third kappa shape index (κ3) is 6.43. The summed E-state index contributed by atoms with van der Waals surface area (Å²) in [6.45, 7) is 8.73. The molecule has 0 unspecified atom stereocenters. The average molecular weight is 364 g/mol. The molecule has 0 saturated heterocycles. The van der Waals surface area contributed by atoms with E-state index in [9.17, 15) is 4.39 Å². The highest BCUT2D eigenvalue weighted by Crippen LogP contribution is 2.10. The molecule has 2 N–H and O–H groups in total. The molecule has 1 aromatic carbocycles. The Labute approximate surface area is 154 Å². The number of nitrogens with one attached hydrogen (secondary N) is 2. The predicted molar refractivity (Wildman–Crippen MR) is 104 cm³/mol.